The average Bonchev–Trinajstić information content (AvgIpc) is 3.05. The number of hydrogen-bond acceptors (Lipinski definition) is 4. The zero-order valence-corrected chi connectivity index (χ0v) is 12.4. The van der Waals surface area contributed by atoms with Gasteiger partial charge in [-0.05, 0) is 17.7 Å². The van der Waals surface area contributed by atoms with Crippen molar-refractivity contribution < 1.29 is 9.47 Å². The molecule has 1 fully saturated rings. The predicted octanol–water partition coefficient (Wildman–Crippen LogP) is 3.23. The number of nitrogens with one attached hydrogen (secondary N) is 1. The van der Waals surface area contributed by atoms with E-state index in [-0.39, 0.29) is 11.5 Å². The van der Waals surface area contributed by atoms with E-state index >= 15 is 0 Å². The van der Waals surface area contributed by atoms with E-state index in [0.29, 0.717) is 12.6 Å². The Kier molecular flexibility index (Phi) is 3.49. The summed E-state index contributed by atoms with van der Waals surface area (Å²) in [5.41, 5.74) is 1.34. The Morgan fingerprint density at radius 3 is 2.57 bits per heavy atom. The van der Waals surface area contributed by atoms with Crippen LogP contribution in [0.15, 0.2) is 54.6 Å². The van der Waals surface area contributed by atoms with E-state index in [1.165, 1.54) is 5.56 Å². The SMILES string of the molecule is c1ccc(C2CSC(C3COc4ccccc4O3)N2)cc1. The summed E-state index contributed by atoms with van der Waals surface area (Å²) in [6.45, 7) is 0.600. The summed E-state index contributed by atoms with van der Waals surface area (Å²) in [5, 5.41) is 3.93. The van der Waals surface area contributed by atoms with E-state index in [0.717, 1.165) is 17.3 Å². The minimum atomic E-state index is 0.0543. The molecule has 0 spiro atoms. The molecule has 108 valence electrons. The summed E-state index contributed by atoms with van der Waals surface area (Å²) in [6.07, 6.45) is 0.0543. The number of fused-ring (bicyclic) bond motifs is 1. The lowest BCUT2D eigenvalue weighted by atomic mass is 10.1. The Morgan fingerprint density at radius 1 is 0.952 bits per heavy atom. The Morgan fingerprint density at radius 2 is 1.71 bits per heavy atom. The molecule has 0 radical (unpaired) electrons. The molecule has 2 aromatic carbocycles. The summed E-state index contributed by atoms with van der Waals surface area (Å²) in [6, 6.07) is 18.8. The van der Waals surface area contributed by atoms with Gasteiger partial charge < -0.3 is 9.47 Å². The van der Waals surface area contributed by atoms with Crippen molar-refractivity contribution >= 4 is 11.8 Å². The Balaban J connectivity index is 1.45. The summed E-state index contributed by atoms with van der Waals surface area (Å²) in [4.78, 5) is 0. The van der Waals surface area contributed by atoms with Gasteiger partial charge in [-0.2, -0.15) is 0 Å². The van der Waals surface area contributed by atoms with Crippen molar-refractivity contribution in [2.75, 3.05) is 12.4 Å². The molecule has 0 saturated carbocycles. The van der Waals surface area contributed by atoms with Gasteiger partial charge in [0.2, 0.25) is 0 Å². The smallest absolute Gasteiger partial charge is 0.161 e. The molecular formula is C17H17NO2S. The third-order valence-corrected chi connectivity index (χ3v) is 5.20. The van der Waals surface area contributed by atoms with Crippen molar-refractivity contribution in [2.24, 2.45) is 0 Å². The fourth-order valence-corrected chi connectivity index (χ4v) is 4.07. The summed E-state index contributed by atoms with van der Waals surface area (Å²) in [5.74, 6) is 2.76. The van der Waals surface area contributed by atoms with Crippen LogP contribution in [0, 0.1) is 0 Å². The van der Waals surface area contributed by atoms with Crippen molar-refractivity contribution in [2.45, 2.75) is 17.5 Å². The molecule has 4 rings (SSSR count). The summed E-state index contributed by atoms with van der Waals surface area (Å²) < 4.78 is 11.9. The zero-order valence-electron chi connectivity index (χ0n) is 11.6. The average molecular weight is 299 g/mol. The first kappa shape index (κ1) is 13.0. The molecule has 0 bridgehead atoms. The third kappa shape index (κ3) is 2.61. The van der Waals surface area contributed by atoms with Crippen LogP contribution < -0.4 is 14.8 Å². The normalized spacial score (nSPS) is 27.5. The molecule has 0 aromatic heterocycles. The second kappa shape index (κ2) is 5.62. The van der Waals surface area contributed by atoms with Gasteiger partial charge in [0, 0.05) is 11.8 Å². The van der Waals surface area contributed by atoms with Gasteiger partial charge in [0.05, 0.1) is 5.37 Å². The number of benzene rings is 2. The van der Waals surface area contributed by atoms with E-state index in [2.05, 4.69) is 35.6 Å². The second-order valence-electron chi connectivity index (χ2n) is 5.30. The molecule has 1 N–H and O–H groups in total. The van der Waals surface area contributed by atoms with Gasteiger partial charge in [-0.25, -0.2) is 0 Å². The highest BCUT2D eigenvalue weighted by Gasteiger charge is 2.35. The van der Waals surface area contributed by atoms with Gasteiger partial charge >= 0.3 is 0 Å². The van der Waals surface area contributed by atoms with E-state index in [1.54, 1.807) is 0 Å². The Hall–Kier alpha value is -1.65. The van der Waals surface area contributed by atoms with Crippen LogP contribution in [0.25, 0.3) is 0 Å². The van der Waals surface area contributed by atoms with Crippen LogP contribution >= 0.6 is 11.8 Å². The number of ether oxygens (including phenoxy) is 2. The Bertz CT molecular complexity index is 619. The lowest BCUT2D eigenvalue weighted by molar-refractivity contribution is 0.0827. The lowest BCUT2D eigenvalue weighted by Gasteiger charge is -2.30. The van der Waals surface area contributed by atoms with Crippen molar-refractivity contribution in [3.05, 3.63) is 60.2 Å². The van der Waals surface area contributed by atoms with Crippen LogP contribution in [0.2, 0.25) is 0 Å². The number of hydrogen-bond donors (Lipinski definition) is 1. The molecule has 1 saturated heterocycles. The van der Waals surface area contributed by atoms with Gasteiger partial charge in [-0.3, -0.25) is 5.32 Å². The van der Waals surface area contributed by atoms with Gasteiger partial charge in [0.1, 0.15) is 6.61 Å². The minimum Gasteiger partial charge on any atom is -0.486 e. The molecule has 2 aromatic rings. The van der Waals surface area contributed by atoms with Gasteiger partial charge in [0.15, 0.2) is 17.6 Å². The quantitative estimate of drug-likeness (QED) is 0.922. The number of rotatable bonds is 2. The molecule has 4 heteroatoms. The maximum atomic E-state index is 6.09. The molecule has 0 amide bonds. The molecule has 3 atom stereocenters. The fraction of sp³-hybridized carbons (Fsp3) is 0.294. The van der Waals surface area contributed by atoms with Crippen LogP contribution in [-0.4, -0.2) is 23.8 Å². The zero-order chi connectivity index (χ0) is 14.1. The maximum absolute atomic E-state index is 6.09. The first-order valence-corrected chi connectivity index (χ1v) is 8.26. The van der Waals surface area contributed by atoms with E-state index in [9.17, 15) is 0 Å². The highest BCUT2D eigenvalue weighted by Crippen LogP contribution is 2.37. The molecule has 3 unspecified atom stereocenters. The fourth-order valence-electron chi connectivity index (χ4n) is 2.77. The van der Waals surface area contributed by atoms with E-state index in [1.807, 2.05) is 36.0 Å². The van der Waals surface area contributed by atoms with Crippen LogP contribution in [0.5, 0.6) is 11.5 Å². The van der Waals surface area contributed by atoms with Crippen molar-refractivity contribution in [3.8, 4) is 11.5 Å². The molecule has 2 aliphatic rings. The van der Waals surface area contributed by atoms with Gasteiger partial charge in [0.25, 0.3) is 0 Å². The number of para-hydroxylation sites is 2. The topological polar surface area (TPSA) is 30.5 Å². The highest BCUT2D eigenvalue weighted by molar-refractivity contribution is 8.00. The predicted molar refractivity (Wildman–Crippen MR) is 84.9 cm³/mol. The van der Waals surface area contributed by atoms with E-state index in [4.69, 9.17) is 9.47 Å². The molecule has 3 nitrogen and oxygen atoms in total. The van der Waals surface area contributed by atoms with Crippen molar-refractivity contribution in [3.63, 3.8) is 0 Å². The molecular weight excluding hydrogens is 282 g/mol. The first-order chi connectivity index (χ1) is 10.4. The highest BCUT2D eigenvalue weighted by atomic mass is 32.2. The van der Waals surface area contributed by atoms with Gasteiger partial charge in [-0.1, -0.05) is 42.5 Å². The molecule has 2 heterocycles. The van der Waals surface area contributed by atoms with Crippen LogP contribution in [-0.2, 0) is 0 Å². The standard InChI is InChI=1S/C17H17NO2S/c1-2-6-12(7-3-1)13-11-21-17(18-13)16-10-19-14-8-4-5-9-15(14)20-16/h1-9,13,16-18H,10-11H2. The molecule has 0 aliphatic carbocycles. The third-order valence-electron chi connectivity index (χ3n) is 3.88. The van der Waals surface area contributed by atoms with E-state index < -0.39 is 0 Å². The van der Waals surface area contributed by atoms with Crippen molar-refractivity contribution in [1.82, 2.24) is 5.32 Å². The molecule has 2 aliphatic heterocycles. The summed E-state index contributed by atoms with van der Waals surface area (Å²) >= 11 is 1.91. The first-order valence-electron chi connectivity index (χ1n) is 7.21. The van der Waals surface area contributed by atoms with Crippen LogP contribution in [0.1, 0.15) is 11.6 Å². The number of thioether (sulfide) groups is 1. The minimum absolute atomic E-state index is 0.0543. The van der Waals surface area contributed by atoms with Crippen LogP contribution in [0.4, 0.5) is 0 Å². The van der Waals surface area contributed by atoms with Crippen molar-refractivity contribution in [1.29, 1.82) is 0 Å². The Labute approximate surface area is 128 Å². The largest absolute Gasteiger partial charge is 0.486 e. The second-order valence-corrected chi connectivity index (χ2v) is 6.47. The molecule has 21 heavy (non-hydrogen) atoms. The summed E-state index contributed by atoms with van der Waals surface area (Å²) in [7, 11) is 0. The lowest BCUT2D eigenvalue weighted by Crippen LogP contribution is -2.43. The van der Waals surface area contributed by atoms with Crippen LogP contribution in [0.3, 0.4) is 0 Å². The maximum Gasteiger partial charge on any atom is 0.161 e. The van der Waals surface area contributed by atoms with Gasteiger partial charge in [-0.15, -0.1) is 11.8 Å². The monoisotopic (exact) mass is 299 g/mol.